The van der Waals surface area contributed by atoms with Crippen LogP contribution in [0.5, 0.6) is 0 Å². The van der Waals surface area contributed by atoms with E-state index >= 15 is 0 Å². The van der Waals surface area contributed by atoms with Crippen molar-refractivity contribution in [1.29, 1.82) is 0 Å². The lowest BCUT2D eigenvalue weighted by atomic mass is 9.84. The first kappa shape index (κ1) is 38.0. The number of aliphatic hydroxyl groups is 1. The highest BCUT2D eigenvalue weighted by Gasteiger charge is 2.49. The fourth-order valence-corrected chi connectivity index (χ4v) is 8.02. The summed E-state index contributed by atoms with van der Waals surface area (Å²) in [4.78, 5) is 69.1. The molecule has 16 nitrogen and oxygen atoms in total. The van der Waals surface area contributed by atoms with Gasteiger partial charge in [0, 0.05) is 50.8 Å². The molecule has 1 aliphatic carbocycles. The smallest absolute Gasteiger partial charge is 0.287 e. The third-order valence-electron chi connectivity index (χ3n) is 10.2. The van der Waals surface area contributed by atoms with Crippen LogP contribution in [0.25, 0.3) is 0 Å². The summed E-state index contributed by atoms with van der Waals surface area (Å²) in [5.74, 6) is -3.84. The van der Waals surface area contributed by atoms with Gasteiger partial charge in [0.1, 0.15) is 23.2 Å². The molecular weight excluding hydrogens is 682 g/mol. The van der Waals surface area contributed by atoms with Gasteiger partial charge in [-0.3, -0.25) is 24.0 Å². The van der Waals surface area contributed by atoms with Crippen molar-refractivity contribution < 1.29 is 42.2 Å². The maximum atomic E-state index is 14.7. The van der Waals surface area contributed by atoms with Gasteiger partial charge in [-0.15, -0.1) is 5.10 Å². The van der Waals surface area contributed by atoms with Crippen LogP contribution in [0.3, 0.4) is 0 Å². The number of carbonyl (C=O) groups excluding carboxylic acids is 5. The minimum absolute atomic E-state index is 0.00895. The van der Waals surface area contributed by atoms with E-state index in [4.69, 9.17) is 10.5 Å². The number of hydrogen-bond acceptors (Lipinski definition) is 11. The van der Waals surface area contributed by atoms with E-state index in [0.717, 1.165) is 38.4 Å². The van der Waals surface area contributed by atoms with Crippen molar-refractivity contribution in [3.8, 4) is 0 Å². The molecule has 0 unspecified atom stereocenters. The molecule has 5 rings (SSSR count). The molecule has 2 saturated heterocycles. The van der Waals surface area contributed by atoms with E-state index in [-0.39, 0.29) is 55.4 Å². The zero-order valence-corrected chi connectivity index (χ0v) is 30.0. The largest absolute Gasteiger partial charge is 0.384 e. The number of ether oxygens (including phenoxy) is 1. The van der Waals surface area contributed by atoms with Crippen LogP contribution in [0.4, 0.5) is 0 Å². The monoisotopic (exact) mass is 729 g/mol. The molecule has 3 atom stereocenters. The first-order valence-corrected chi connectivity index (χ1v) is 19.2. The first-order chi connectivity index (χ1) is 24.0. The quantitative estimate of drug-likeness (QED) is 0.220. The molecule has 0 spiro atoms. The number of likely N-dealkylation sites (tertiary alicyclic amines) is 1. The first-order valence-electron chi connectivity index (χ1n) is 17.3. The van der Waals surface area contributed by atoms with Gasteiger partial charge in [-0.25, -0.2) is 13.1 Å². The molecular formula is C34H47N7O9S. The van der Waals surface area contributed by atoms with E-state index in [2.05, 4.69) is 20.9 Å². The molecule has 51 heavy (non-hydrogen) atoms. The molecule has 278 valence electrons. The van der Waals surface area contributed by atoms with Crippen molar-refractivity contribution >= 4 is 39.2 Å². The van der Waals surface area contributed by atoms with Crippen LogP contribution in [-0.4, -0.2) is 106 Å². The van der Waals surface area contributed by atoms with Crippen molar-refractivity contribution in [3.05, 3.63) is 41.7 Å². The highest BCUT2D eigenvalue weighted by atomic mass is 32.2. The van der Waals surface area contributed by atoms with Gasteiger partial charge in [0.25, 0.3) is 11.8 Å². The van der Waals surface area contributed by atoms with Crippen LogP contribution < -0.4 is 16.4 Å². The van der Waals surface area contributed by atoms with Gasteiger partial charge in [0.05, 0.1) is 22.8 Å². The lowest BCUT2D eigenvalue weighted by Gasteiger charge is -2.37. The predicted molar refractivity (Wildman–Crippen MR) is 182 cm³/mol. The molecule has 3 aliphatic rings. The summed E-state index contributed by atoms with van der Waals surface area (Å²) in [6.45, 7) is 3.29. The number of rotatable bonds is 12. The van der Waals surface area contributed by atoms with E-state index in [9.17, 15) is 37.5 Å². The molecule has 17 heteroatoms. The van der Waals surface area contributed by atoms with E-state index in [1.807, 2.05) is 0 Å². The molecule has 3 fully saturated rings. The highest BCUT2D eigenvalue weighted by Crippen LogP contribution is 2.34. The van der Waals surface area contributed by atoms with Crippen LogP contribution in [0.1, 0.15) is 93.7 Å². The topological polar surface area (TPSA) is 233 Å². The fraction of sp³-hybridized carbons (Fsp3) is 0.618. The Kier molecular flexibility index (Phi) is 11.3. The predicted octanol–water partition coefficient (Wildman–Crippen LogP) is 0.540. The second kappa shape index (κ2) is 15.2. The second-order valence-electron chi connectivity index (χ2n) is 14.5. The Morgan fingerprint density at radius 3 is 2.31 bits per heavy atom. The zero-order valence-electron chi connectivity index (χ0n) is 29.2. The number of nitrogens with one attached hydrogen (secondary N) is 2. The Hall–Kier alpha value is -4.22. The number of carbonyl (C=O) groups is 5. The number of nitrogens with two attached hydrogens (primary N) is 1. The Labute approximate surface area is 296 Å². The number of amides is 4. The molecule has 2 aliphatic heterocycles. The summed E-state index contributed by atoms with van der Waals surface area (Å²) in [6.07, 6.45) is 7.58. The van der Waals surface area contributed by atoms with Gasteiger partial charge in [-0.1, -0.05) is 37.3 Å². The average Bonchev–Trinajstić information content (AvgIpc) is 3.76. The van der Waals surface area contributed by atoms with Crippen molar-refractivity contribution in [2.24, 2.45) is 11.7 Å². The van der Waals surface area contributed by atoms with E-state index in [0.29, 0.717) is 12.1 Å². The van der Waals surface area contributed by atoms with E-state index in [1.165, 1.54) is 40.0 Å². The number of hydrogen-bond donors (Lipinski definition) is 4. The Morgan fingerprint density at radius 2 is 1.73 bits per heavy atom. The SMILES string of the molecule is CC(C)(O)c1cnnn1[C@H]1C[C@@H](C(=O)NC2(C(=O)C(N)=O)CCOCC2)N(C(=O)[C@@H](CC2CCCCC2)NC(=O)c2ccc(S(C)(=O)=O)cc2)C1. The van der Waals surface area contributed by atoms with Gasteiger partial charge in [-0.05, 0) is 50.5 Å². The zero-order chi connectivity index (χ0) is 37.1. The van der Waals surface area contributed by atoms with Crippen LogP contribution in [0, 0.1) is 5.92 Å². The lowest BCUT2D eigenvalue weighted by molar-refractivity contribution is -0.147. The average molecular weight is 730 g/mol. The molecule has 2 aromatic rings. The normalized spacial score (nSPS) is 21.8. The van der Waals surface area contributed by atoms with Gasteiger partial charge in [0.2, 0.25) is 17.6 Å². The molecule has 1 aromatic heterocycles. The van der Waals surface area contributed by atoms with E-state index < -0.39 is 68.5 Å². The maximum Gasteiger partial charge on any atom is 0.287 e. The Morgan fingerprint density at radius 1 is 1.08 bits per heavy atom. The Bertz CT molecular complexity index is 1740. The summed E-state index contributed by atoms with van der Waals surface area (Å²) >= 11 is 0. The third kappa shape index (κ3) is 8.64. The minimum Gasteiger partial charge on any atom is -0.384 e. The number of Topliss-reactive ketones (excluding diaryl/α,β-unsaturated/α-hetero) is 1. The third-order valence-corrected chi connectivity index (χ3v) is 11.3. The van der Waals surface area contributed by atoms with Gasteiger partial charge >= 0.3 is 0 Å². The molecule has 0 bridgehead atoms. The van der Waals surface area contributed by atoms with Crippen molar-refractivity contribution in [1.82, 2.24) is 30.5 Å². The summed E-state index contributed by atoms with van der Waals surface area (Å²) in [6, 6.07) is 2.56. The number of benzene rings is 1. The van der Waals surface area contributed by atoms with Crippen LogP contribution >= 0.6 is 0 Å². The molecule has 5 N–H and O–H groups in total. The molecule has 4 amide bonds. The molecule has 3 heterocycles. The number of nitrogens with zero attached hydrogens (tertiary/aromatic N) is 4. The highest BCUT2D eigenvalue weighted by molar-refractivity contribution is 7.90. The maximum absolute atomic E-state index is 14.7. The summed E-state index contributed by atoms with van der Waals surface area (Å²) in [7, 11) is -3.50. The fourth-order valence-electron chi connectivity index (χ4n) is 7.39. The number of sulfone groups is 1. The van der Waals surface area contributed by atoms with Crippen LogP contribution in [0.2, 0.25) is 0 Å². The van der Waals surface area contributed by atoms with Crippen molar-refractivity contribution in [2.75, 3.05) is 26.0 Å². The molecule has 0 radical (unpaired) electrons. The standard InChI is InChI=1S/C34H47N7O9S/c1-33(2,47)27-19-36-39-41(27)23-18-26(31(45)38-34(28(42)29(35)43)13-15-50-16-14-34)40(20-23)32(46)25(17-21-7-5-4-6-8-21)37-30(44)22-9-11-24(12-10-22)51(3,48)49/h9-12,19,21,23,25-26,47H,4-8,13-18,20H2,1-3H3,(H2,35,43)(H,37,44)(H,38,45)/t23-,25+,26-/m0/s1. The molecule has 1 aromatic carbocycles. The van der Waals surface area contributed by atoms with Crippen molar-refractivity contribution in [2.45, 2.75) is 106 Å². The molecule has 1 saturated carbocycles. The van der Waals surface area contributed by atoms with E-state index in [1.54, 1.807) is 13.8 Å². The summed E-state index contributed by atoms with van der Waals surface area (Å²) in [5, 5.41) is 24.6. The van der Waals surface area contributed by atoms with Crippen LogP contribution in [0.15, 0.2) is 35.4 Å². The van der Waals surface area contributed by atoms with Crippen LogP contribution in [-0.2, 0) is 39.4 Å². The second-order valence-corrected chi connectivity index (χ2v) is 16.5. The summed E-state index contributed by atoms with van der Waals surface area (Å²) in [5.41, 5.74) is 2.93. The van der Waals surface area contributed by atoms with Gasteiger partial charge in [0.15, 0.2) is 9.84 Å². The summed E-state index contributed by atoms with van der Waals surface area (Å²) < 4.78 is 30.8. The van der Waals surface area contributed by atoms with Gasteiger partial charge < -0.3 is 31.1 Å². The van der Waals surface area contributed by atoms with Gasteiger partial charge in [-0.2, -0.15) is 0 Å². The minimum atomic E-state index is -3.50. The Balaban J connectivity index is 1.48. The number of aromatic nitrogens is 3. The number of ketones is 1. The lowest BCUT2D eigenvalue weighted by Crippen LogP contribution is -2.64. The van der Waals surface area contributed by atoms with Crippen molar-refractivity contribution in [3.63, 3.8) is 0 Å². The number of primary amides is 1.